The van der Waals surface area contributed by atoms with Crippen LogP contribution >= 0.6 is 11.6 Å². The first-order valence-electron chi connectivity index (χ1n) is 12.3. The normalized spacial score (nSPS) is 12.9. The van der Waals surface area contributed by atoms with Gasteiger partial charge in [-0.15, -0.1) is 0 Å². The smallest absolute Gasteiger partial charge is 0.410 e. The molecule has 0 spiro atoms. The molecule has 6 nitrogen and oxygen atoms in total. The molecule has 2 amide bonds. The van der Waals surface area contributed by atoms with E-state index in [9.17, 15) is 18.8 Å². The van der Waals surface area contributed by atoms with Crippen molar-refractivity contribution < 1.29 is 23.5 Å². The van der Waals surface area contributed by atoms with Crippen LogP contribution in [0, 0.1) is 5.82 Å². The van der Waals surface area contributed by atoms with Gasteiger partial charge in [-0.3, -0.25) is 9.59 Å². The minimum absolute atomic E-state index is 0.00377. The van der Waals surface area contributed by atoms with Crippen LogP contribution in [0.15, 0.2) is 36.4 Å². The third-order valence-electron chi connectivity index (χ3n) is 6.08. The van der Waals surface area contributed by atoms with Crippen molar-refractivity contribution >= 4 is 35.1 Å². The molecule has 0 bridgehead atoms. The summed E-state index contributed by atoms with van der Waals surface area (Å²) < 4.78 is 18.9. The van der Waals surface area contributed by atoms with Gasteiger partial charge in [-0.2, -0.15) is 0 Å². The third-order valence-corrected chi connectivity index (χ3v) is 6.43. The summed E-state index contributed by atoms with van der Waals surface area (Å²) in [5, 5.41) is 0.325. The number of unbranched alkanes of at least 4 members (excludes halogenated alkanes) is 1. The lowest BCUT2D eigenvalue weighted by Gasteiger charge is -2.27. The van der Waals surface area contributed by atoms with Gasteiger partial charge in [0.15, 0.2) is 5.78 Å². The van der Waals surface area contributed by atoms with Gasteiger partial charge in [0.1, 0.15) is 11.4 Å². The van der Waals surface area contributed by atoms with Gasteiger partial charge in [0, 0.05) is 49.3 Å². The van der Waals surface area contributed by atoms with Crippen LogP contribution < -0.4 is 4.90 Å². The number of rotatable bonds is 9. The minimum atomic E-state index is -0.635. The number of halogens is 2. The topological polar surface area (TPSA) is 66.9 Å². The third kappa shape index (κ3) is 7.53. The van der Waals surface area contributed by atoms with Crippen molar-refractivity contribution in [2.75, 3.05) is 24.5 Å². The molecule has 194 valence electrons. The average molecular weight is 517 g/mol. The van der Waals surface area contributed by atoms with E-state index < -0.39 is 17.5 Å². The Kier molecular flexibility index (Phi) is 9.12. The summed E-state index contributed by atoms with van der Waals surface area (Å²) in [6, 6.07) is 9.75. The zero-order chi connectivity index (χ0) is 26.5. The first-order valence-corrected chi connectivity index (χ1v) is 12.7. The number of Topliss-reactive ketones (excluding diaryl/α,β-unsaturated/α-hetero) is 1. The van der Waals surface area contributed by atoms with Crippen molar-refractivity contribution in [1.29, 1.82) is 0 Å². The Morgan fingerprint density at radius 1 is 1.08 bits per heavy atom. The van der Waals surface area contributed by atoms with Gasteiger partial charge in [0.2, 0.25) is 5.91 Å². The molecular weight excluding hydrogens is 483 g/mol. The fourth-order valence-corrected chi connectivity index (χ4v) is 4.50. The summed E-state index contributed by atoms with van der Waals surface area (Å²) in [5.74, 6) is -0.359. The zero-order valence-electron chi connectivity index (χ0n) is 21.4. The van der Waals surface area contributed by atoms with Gasteiger partial charge in [0.25, 0.3) is 0 Å². The molecular formula is C28H34ClFN2O4. The van der Waals surface area contributed by atoms with Crippen LogP contribution in [-0.2, 0) is 22.4 Å². The molecule has 0 saturated carbocycles. The summed E-state index contributed by atoms with van der Waals surface area (Å²) in [7, 11) is 0. The van der Waals surface area contributed by atoms with Gasteiger partial charge in [-0.05, 0) is 87.9 Å². The molecule has 2 aromatic rings. The van der Waals surface area contributed by atoms with E-state index in [1.54, 1.807) is 28.9 Å². The molecule has 0 aromatic heterocycles. The summed E-state index contributed by atoms with van der Waals surface area (Å²) >= 11 is 6.15. The highest BCUT2D eigenvalue weighted by Gasteiger charge is 2.24. The first-order chi connectivity index (χ1) is 16.9. The van der Waals surface area contributed by atoms with E-state index in [-0.39, 0.29) is 11.7 Å². The van der Waals surface area contributed by atoms with E-state index in [1.165, 1.54) is 12.1 Å². The van der Waals surface area contributed by atoms with Gasteiger partial charge >= 0.3 is 6.09 Å². The number of fused-ring (bicyclic) bond motifs is 1. The number of carbonyl (C=O) groups excluding carboxylic acids is 3. The number of benzene rings is 2. The fourth-order valence-electron chi connectivity index (χ4n) is 4.24. The summed E-state index contributed by atoms with van der Waals surface area (Å²) in [6.45, 7) is 8.42. The lowest BCUT2D eigenvalue weighted by atomic mass is 10.0. The van der Waals surface area contributed by atoms with E-state index >= 15 is 0 Å². The maximum atomic E-state index is 13.4. The maximum absolute atomic E-state index is 13.4. The molecule has 0 N–H and O–H groups in total. The summed E-state index contributed by atoms with van der Waals surface area (Å²) in [4.78, 5) is 40.6. The number of carbonyl (C=O) groups is 3. The second-order valence-corrected chi connectivity index (χ2v) is 10.5. The molecule has 8 heteroatoms. The Morgan fingerprint density at radius 3 is 2.50 bits per heavy atom. The van der Waals surface area contributed by atoms with Crippen molar-refractivity contribution in [2.45, 2.75) is 65.4 Å². The number of amides is 2. The van der Waals surface area contributed by atoms with Crippen LogP contribution in [0.25, 0.3) is 0 Å². The Balaban J connectivity index is 1.55. The van der Waals surface area contributed by atoms with E-state index in [4.69, 9.17) is 16.3 Å². The number of nitrogens with zero attached hydrogens (tertiary/aromatic N) is 2. The predicted molar refractivity (Wildman–Crippen MR) is 139 cm³/mol. The molecule has 0 aliphatic carbocycles. The standard InChI is InChI=1S/C28H34ClFN2O4/c1-19(33)32-16-13-21-17-22(9-11-25(21)32)26(34)7-5-6-14-31(27(35)36-28(2,3)4)15-12-20-8-10-23(30)18-24(20)29/h8-11,17-18H,5-7,12-16H2,1-4H3. The van der Waals surface area contributed by atoms with Crippen LogP contribution in [0.2, 0.25) is 5.02 Å². The number of ketones is 1. The lowest BCUT2D eigenvalue weighted by molar-refractivity contribution is -0.116. The zero-order valence-corrected chi connectivity index (χ0v) is 22.2. The average Bonchev–Trinajstić information content (AvgIpc) is 3.22. The molecule has 1 aliphatic heterocycles. The second kappa shape index (κ2) is 11.9. The number of ether oxygens (including phenoxy) is 1. The predicted octanol–water partition coefficient (Wildman–Crippen LogP) is 6.22. The number of hydrogen-bond acceptors (Lipinski definition) is 4. The number of hydrogen-bond donors (Lipinski definition) is 0. The largest absolute Gasteiger partial charge is 0.444 e. The summed E-state index contributed by atoms with van der Waals surface area (Å²) in [5.41, 5.74) is 2.67. The van der Waals surface area contributed by atoms with Gasteiger partial charge in [0.05, 0.1) is 0 Å². The fraction of sp³-hybridized carbons (Fsp3) is 0.464. The van der Waals surface area contributed by atoms with Crippen LogP contribution in [0.1, 0.15) is 68.4 Å². The van der Waals surface area contributed by atoms with Gasteiger partial charge in [-0.25, -0.2) is 9.18 Å². The molecule has 36 heavy (non-hydrogen) atoms. The SMILES string of the molecule is CC(=O)N1CCc2cc(C(=O)CCCCN(CCc3ccc(F)cc3Cl)C(=O)OC(C)(C)C)ccc21. The van der Waals surface area contributed by atoms with Gasteiger partial charge in [-0.1, -0.05) is 17.7 Å². The van der Waals surface area contributed by atoms with E-state index in [1.807, 2.05) is 32.9 Å². The van der Waals surface area contributed by atoms with Crippen molar-refractivity contribution in [3.63, 3.8) is 0 Å². The quantitative estimate of drug-likeness (QED) is 0.293. The highest BCUT2D eigenvalue weighted by atomic mass is 35.5. The summed E-state index contributed by atoms with van der Waals surface area (Å²) in [6.07, 6.45) is 2.39. The van der Waals surface area contributed by atoms with Gasteiger partial charge < -0.3 is 14.5 Å². The lowest BCUT2D eigenvalue weighted by Crippen LogP contribution is -2.38. The molecule has 3 rings (SSSR count). The molecule has 0 saturated heterocycles. The first kappa shape index (κ1) is 27.7. The highest BCUT2D eigenvalue weighted by Crippen LogP contribution is 2.29. The Hall–Kier alpha value is -2.93. The highest BCUT2D eigenvalue weighted by molar-refractivity contribution is 6.31. The van der Waals surface area contributed by atoms with Crippen LogP contribution in [0.3, 0.4) is 0 Å². The van der Waals surface area contributed by atoms with E-state index in [0.29, 0.717) is 55.9 Å². The minimum Gasteiger partial charge on any atom is -0.444 e. The molecule has 0 atom stereocenters. The Bertz CT molecular complexity index is 1130. The van der Waals surface area contributed by atoms with E-state index in [2.05, 4.69) is 0 Å². The monoisotopic (exact) mass is 516 g/mol. The second-order valence-electron chi connectivity index (χ2n) is 10.1. The van der Waals surface area contributed by atoms with Crippen molar-refractivity contribution in [3.8, 4) is 0 Å². The van der Waals surface area contributed by atoms with Crippen molar-refractivity contribution in [2.24, 2.45) is 0 Å². The van der Waals surface area contributed by atoms with Crippen LogP contribution in [0.4, 0.5) is 14.9 Å². The Morgan fingerprint density at radius 2 is 1.83 bits per heavy atom. The molecule has 0 fully saturated rings. The maximum Gasteiger partial charge on any atom is 0.410 e. The molecule has 0 radical (unpaired) electrons. The van der Waals surface area contributed by atoms with E-state index in [0.717, 1.165) is 23.2 Å². The Labute approximate surface area is 217 Å². The molecule has 1 heterocycles. The van der Waals surface area contributed by atoms with Crippen LogP contribution in [0.5, 0.6) is 0 Å². The number of anilines is 1. The molecule has 0 unspecified atom stereocenters. The molecule has 2 aromatic carbocycles. The van der Waals surface area contributed by atoms with Crippen molar-refractivity contribution in [1.82, 2.24) is 4.90 Å². The van der Waals surface area contributed by atoms with Crippen molar-refractivity contribution in [3.05, 3.63) is 63.9 Å². The van der Waals surface area contributed by atoms with Crippen LogP contribution in [-0.4, -0.2) is 47.9 Å². The molecule has 1 aliphatic rings.